The highest BCUT2D eigenvalue weighted by Crippen LogP contribution is 2.30. The molecule has 2 fully saturated rings. The van der Waals surface area contributed by atoms with E-state index >= 15 is 0 Å². The predicted octanol–water partition coefficient (Wildman–Crippen LogP) is 3.83. The highest BCUT2D eigenvalue weighted by Gasteiger charge is 2.33. The van der Waals surface area contributed by atoms with Gasteiger partial charge in [-0.15, -0.1) is 11.6 Å². The van der Waals surface area contributed by atoms with Crippen molar-refractivity contribution in [2.24, 2.45) is 0 Å². The lowest BCUT2D eigenvalue weighted by molar-refractivity contribution is 0.0414. The molecule has 0 bridgehead atoms. The van der Waals surface area contributed by atoms with Crippen molar-refractivity contribution < 1.29 is 4.74 Å². The second-order valence-electron chi connectivity index (χ2n) is 6.07. The molecule has 1 saturated heterocycles. The molecule has 0 aromatic heterocycles. The lowest BCUT2D eigenvalue weighted by Crippen LogP contribution is -2.42. The number of benzene rings is 1. The molecule has 1 heterocycles. The van der Waals surface area contributed by atoms with Crippen molar-refractivity contribution in [3.8, 4) is 0 Å². The van der Waals surface area contributed by atoms with E-state index in [1.165, 1.54) is 31.2 Å². The Balaban J connectivity index is 1.47. The van der Waals surface area contributed by atoms with E-state index in [0.29, 0.717) is 17.5 Å². The monoisotopic (exact) mass is 293 g/mol. The van der Waals surface area contributed by atoms with Crippen molar-refractivity contribution >= 4 is 11.6 Å². The third-order valence-electron chi connectivity index (χ3n) is 4.62. The quantitative estimate of drug-likeness (QED) is 0.782. The van der Waals surface area contributed by atoms with Crippen LogP contribution in [0.15, 0.2) is 30.3 Å². The van der Waals surface area contributed by atoms with Gasteiger partial charge in [-0.1, -0.05) is 43.2 Å². The molecular weight excluding hydrogens is 270 g/mol. The zero-order valence-corrected chi connectivity index (χ0v) is 12.8. The fourth-order valence-corrected chi connectivity index (χ4v) is 3.90. The maximum absolute atomic E-state index is 6.50. The van der Waals surface area contributed by atoms with Crippen LogP contribution >= 0.6 is 11.6 Å². The summed E-state index contributed by atoms with van der Waals surface area (Å²) in [5.74, 6) is 0. The number of likely N-dealkylation sites (tertiary alicyclic amines) is 1. The first-order valence-corrected chi connectivity index (χ1v) is 8.30. The molecule has 1 aromatic carbocycles. The summed E-state index contributed by atoms with van der Waals surface area (Å²) in [5, 5.41) is 0.344. The molecule has 20 heavy (non-hydrogen) atoms. The third kappa shape index (κ3) is 3.55. The highest BCUT2D eigenvalue weighted by molar-refractivity contribution is 6.21. The van der Waals surface area contributed by atoms with Gasteiger partial charge in [0.15, 0.2) is 0 Å². The average molecular weight is 294 g/mol. The third-order valence-corrected chi connectivity index (χ3v) is 5.13. The highest BCUT2D eigenvalue weighted by atomic mass is 35.5. The molecule has 0 spiro atoms. The Bertz CT molecular complexity index is 411. The smallest absolute Gasteiger partial charge is 0.0721 e. The summed E-state index contributed by atoms with van der Waals surface area (Å²) in [5.41, 5.74) is 1.26. The molecule has 3 rings (SSSR count). The summed E-state index contributed by atoms with van der Waals surface area (Å²) in [7, 11) is 0. The van der Waals surface area contributed by atoms with Crippen LogP contribution in [0.1, 0.15) is 37.7 Å². The van der Waals surface area contributed by atoms with Gasteiger partial charge in [0.1, 0.15) is 0 Å². The first kappa shape index (κ1) is 14.4. The van der Waals surface area contributed by atoms with Crippen molar-refractivity contribution in [2.45, 2.75) is 56.2 Å². The maximum atomic E-state index is 6.50. The Hall–Kier alpha value is -0.570. The number of nitrogens with zero attached hydrogens (tertiary/aromatic N) is 1. The summed E-state index contributed by atoms with van der Waals surface area (Å²) in [4.78, 5) is 2.56. The predicted molar refractivity (Wildman–Crippen MR) is 83.1 cm³/mol. The van der Waals surface area contributed by atoms with Gasteiger partial charge in [-0.2, -0.15) is 0 Å². The van der Waals surface area contributed by atoms with Crippen LogP contribution < -0.4 is 0 Å². The summed E-state index contributed by atoms with van der Waals surface area (Å²) < 4.78 is 6.06. The van der Waals surface area contributed by atoms with Gasteiger partial charge < -0.3 is 4.74 Å². The van der Waals surface area contributed by atoms with Crippen molar-refractivity contribution in [1.82, 2.24) is 4.90 Å². The SMILES string of the molecule is ClC1CCCCC1N1CC[C@H](OCc2ccccc2)C1. The molecule has 0 N–H and O–H groups in total. The molecule has 1 saturated carbocycles. The van der Waals surface area contributed by atoms with Gasteiger partial charge >= 0.3 is 0 Å². The first-order chi connectivity index (χ1) is 9.83. The van der Waals surface area contributed by atoms with Crippen LogP contribution in [0, 0.1) is 0 Å². The van der Waals surface area contributed by atoms with Crippen molar-refractivity contribution in [1.29, 1.82) is 0 Å². The number of ether oxygens (including phenoxy) is 1. The molecule has 0 radical (unpaired) electrons. The Labute approximate surface area is 127 Å². The Morgan fingerprint density at radius 1 is 1.10 bits per heavy atom. The fraction of sp³-hybridized carbons (Fsp3) is 0.647. The van der Waals surface area contributed by atoms with Crippen LogP contribution in [0.25, 0.3) is 0 Å². The van der Waals surface area contributed by atoms with Gasteiger partial charge in [-0.25, -0.2) is 0 Å². The standard InChI is InChI=1S/C17H24ClNO/c18-16-8-4-5-9-17(16)19-11-10-15(12-19)20-13-14-6-2-1-3-7-14/h1-3,6-7,15-17H,4-5,8-13H2/t15-,16?,17?/m0/s1. The van der Waals surface area contributed by atoms with E-state index < -0.39 is 0 Å². The van der Waals surface area contributed by atoms with E-state index in [1.54, 1.807) is 0 Å². The minimum Gasteiger partial charge on any atom is -0.372 e. The lowest BCUT2D eigenvalue weighted by atomic mass is 9.94. The summed E-state index contributed by atoms with van der Waals surface area (Å²) >= 11 is 6.50. The largest absolute Gasteiger partial charge is 0.372 e. The zero-order chi connectivity index (χ0) is 13.8. The van der Waals surface area contributed by atoms with E-state index in [4.69, 9.17) is 16.3 Å². The molecule has 2 unspecified atom stereocenters. The van der Waals surface area contributed by atoms with Gasteiger partial charge in [-0.05, 0) is 24.8 Å². The molecule has 1 aliphatic carbocycles. The van der Waals surface area contributed by atoms with Crippen molar-refractivity contribution in [3.05, 3.63) is 35.9 Å². The molecular formula is C17H24ClNO. The van der Waals surface area contributed by atoms with Crippen LogP contribution in [-0.2, 0) is 11.3 Å². The average Bonchev–Trinajstić information content (AvgIpc) is 2.95. The van der Waals surface area contributed by atoms with Crippen LogP contribution in [0.3, 0.4) is 0 Å². The number of hydrogen-bond donors (Lipinski definition) is 0. The van der Waals surface area contributed by atoms with E-state index in [1.807, 2.05) is 6.07 Å². The minimum absolute atomic E-state index is 0.344. The summed E-state index contributed by atoms with van der Waals surface area (Å²) in [6.45, 7) is 2.93. The number of halogens is 1. The topological polar surface area (TPSA) is 12.5 Å². The molecule has 3 heteroatoms. The van der Waals surface area contributed by atoms with Crippen LogP contribution in [0.4, 0.5) is 0 Å². The lowest BCUT2D eigenvalue weighted by Gasteiger charge is -2.34. The Kier molecular flexibility index (Phi) is 4.98. The Morgan fingerprint density at radius 2 is 1.90 bits per heavy atom. The van der Waals surface area contributed by atoms with Crippen LogP contribution in [-0.4, -0.2) is 35.5 Å². The van der Waals surface area contributed by atoms with Gasteiger partial charge in [0.2, 0.25) is 0 Å². The summed E-state index contributed by atoms with van der Waals surface area (Å²) in [6, 6.07) is 11.0. The number of hydrogen-bond acceptors (Lipinski definition) is 2. The molecule has 1 aliphatic heterocycles. The number of rotatable bonds is 4. The fourth-order valence-electron chi connectivity index (χ4n) is 3.46. The molecule has 2 aliphatic rings. The van der Waals surface area contributed by atoms with Gasteiger partial charge in [0, 0.05) is 24.5 Å². The normalized spacial score (nSPS) is 31.6. The first-order valence-electron chi connectivity index (χ1n) is 7.86. The Morgan fingerprint density at radius 3 is 2.70 bits per heavy atom. The van der Waals surface area contributed by atoms with Crippen molar-refractivity contribution in [2.75, 3.05) is 13.1 Å². The minimum atomic E-state index is 0.344. The van der Waals surface area contributed by atoms with Crippen LogP contribution in [0.5, 0.6) is 0 Å². The molecule has 2 nitrogen and oxygen atoms in total. The van der Waals surface area contributed by atoms with Gasteiger partial charge in [0.05, 0.1) is 12.7 Å². The van der Waals surface area contributed by atoms with E-state index in [9.17, 15) is 0 Å². The zero-order valence-electron chi connectivity index (χ0n) is 12.0. The van der Waals surface area contributed by atoms with Gasteiger partial charge in [0.25, 0.3) is 0 Å². The molecule has 1 aromatic rings. The van der Waals surface area contributed by atoms with E-state index in [-0.39, 0.29) is 0 Å². The maximum Gasteiger partial charge on any atom is 0.0721 e. The summed E-state index contributed by atoms with van der Waals surface area (Å²) in [6.07, 6.45) is 6.60. The second-order valence-corrected chi connectivity index (χ2v) is 6.63. The van der Waals surface area contributed by atoms with E-state index in [0.717, 1.165) is 26.1 Å². The molecule has 110 valence electrons. The molecule has 0 amide bonds. The van der Waals surface area contributed by atoms with Crippen LogP contribution in [0.2, 0.25) is 0 Å². The second kappa shape index (κ2) is 6.93. The van der Waals surface area contributed by atoms with Gasteiger partial charge in [-0.3, -0.25) is 4.90 Å². The number of alkyl halides is 1. The van der Waals surface area contributed by atoms with Crippen molar-refractivity contribution in [3.63, 3.8) is 0 Å². The van der Waals surface area contributed by atoms with E-state index in [2.05, 4.69) is 29.2 Å². The molecule has 3 atom stereocenters.